The molecule has 0 aromatic carbocycles. The monoisotopic (exact) mass is 206 g/mol. The predicted octanol–water partition coefficient (Wildman–Crippen LogP) is 0.650. The summed E-state index contributed by atoms with van der Waals surface area (Å²) in [4.78, 5) is 8.54. The highest BCUT2D eigenvalue weighted by atomic mass is 15.0. The van der Waals surface area contributed by atoms with E-state index in [2.05, 4.69) is 15.3 Å². The highest BCUT2D eigenvalue weighted by molar-refractivity contribution is 5.06. The standard InChI is InChI=1S/C11H18N4/c1-11(12,9-3-7-13-8-4-9)10-14-5-2-6-15-10/h2,5-6,9,13H,3-4,7-8,12H2,1H3. The van der Waals surface area contributed by atoms with Gasteiger partial charge in [-0.3, -0.25) is 0 Å². The fourth-order valence-corrected chi connectivity index (χ4v) is 2.18. The number of nitrogens with two attached hydrogens (primary N) is 1. The average molecular weight is 206 g/mol. The Balaban J connectivity index is 2.18. The summed E-state index contributed by atoms with van der Waals surface area (Å²) < 4.78 is 0. The molecule has 3 N–H and O–H groups in total. The summed E-state index contributed by atoms with van der Waals surface area (Å²) in [6.45, 7) is 4.13. The van der Waals surface area contributed by atoms with Gasteiger partial charge in [0.25, 0.3) is 0 Å². The number of aromatic nitrogens is 2. The first-order chi connectivity index (χ1) is 7.21. The van der Waals surface area contributed by atoms with Crippen molar-refractivity contribution in [1.82, 2.24) is 15.3 Å². The highest BCUT2D eigenvalue weighted by Gasteiger charge is 2.34. The summed E-state index contributed by atoms with van der Waals surface area (Å²) in [7, 11) is 0. The Morgan fingerprint density at radius 1 is 1.33 bits per heavy atom. The maximum atomic E-state index is 6.36. The number of nitrogens with one attached hydrogen (secondary N) is 1. The molecule has 4 heteroatoms. The quantitative estimate of drug-likeness (QED) is 0.745. The van der Waals surface area contributed by atoms with E-state index in [-0.39, 0.29) is 0 Å². The zero-order valence-corrected chi connectivity index (χ0v) is 9.11. The Hall–Kier alpha value is -1.00. The van der Waals surface area contributed by atoms with E-state index in [1.165, 1.54) is 0 Å². The van der Waals surface area contributed by atoms with Crippen LogP contribution in [0.3, 0.4) is 0 Å². The van der Waals surface area contributed by atoms with E-state index >= 15 is 0 Å². The van der Waals surface area contributed by atoms with Crippen molar-refractivity contribution in [1.29, 1.82) is 0 Å². The average Bonchev–Trinajstić information content (AvgIpc) is 2.31. The van der Waals surface area contributed by atoms with E-state index in [0.29, 0.717) is 5.92 Å². The first kappa shape index (κ1) is 10.5. The zero-order chi connectivity index (χ0) is 10.7. The molecule has 4 nitrogen and oxygen atoms in total. The largest absolute Gasteiger partial charge is 0.319 e. The van der Waals surface area contributed by atoms with Crippen molar-refractivity contribution >= 4 is 0 Å². The third kappa shape index (κ3) is 2.16. The summed E-state index contributed by atoms with van der Waals surface area (Å²) in [5.74, 6) is 1.23. The summed E-state index contributed by atoms with van der Waals surface area (Å²) in [6.07, 6.45) is 5.72. The number of piperidine rings is 1. The van der Waals surface area contributed by atoms with E-state index < -0.39 is 5.54 Å². The van der Waals surface area contributed by atoms with E-state index in [4.69, 9.17) is 5.73 Å². The van der Waals surface area contributed by atoms with Crippen LogP contribution >= 0.6 is 0 Å². The van der Waals surface area contributed by atoms with E-state index in [1.54, 1.807) is 12.4 Å². The Morgan fingerprint density at radius 3 is 2.53 bits per heavy atom. The van der Waals surface area contributed by atoms with Gasteiger partial charge in [0.05, 0.1) is 5.54 Å². The SMILES string of the molecule is CC(N)(c1ncccn1)C1CCNCC1. The maximum Gasteiger partial charge on any atom is 0.147 e. The number of nitrogens with zero attached hydrogens (tertiary/aromatic N) is 2. The normalized spacial score (nSPS) is 22.3. The number of rotatable bonds is 2. The molecule has 1 saturated heterocycles. The second-order valence-electron chi connectivity index (χ2n) is 4.38. The Labute approximate surface area is 90.3 Å². The van der Waals surface area contributed by atoms with Crippen LogP contribution < -0.4 is 11.1 Å². The third-order valence-corrected chi connectivity index (χ3v) is 3.23. The van der Waals surface area contributed by atoms with Crippen molar-refractivity contribution in [3.8, 4) is 0 Å². The second-order valence-corrected chi connectivity index (χ2v) is 4.38. The first-order valence-electron chi connectivity index (χ1n) is 5.48. The molecule has 1 aliphatic rings. The van der Waals surface area contributed by atoms with Crippen LogP contribution in [0.5, 0.6) is 0 Å². The molecule has 2 heterocycles. The second kappa shape index (κ2) is 4.24. The van der Waals surface area contributed by atoms with Gasteiger partial charge in [-0.2, -0.15) is 0 Å². The van der Waals surface area contributed by atoms with Crippen LogP contribution in [0.25, 0.3) is 0 Å². The molecule has 0 spiro atoms. The van der Waals surface area contributed by atoms with Crippen LogP contribution in [0, 0.1) is 5.92 Å². The van der Waals surface area contributed by atoms with E-state index in [9.17, 15) is 0 Å². The van der Waals surface area contributed by atoms with Crippen LogP contribution in [0.2, 0.25) is 0 Å². The minimum absolute atomic E-state index is 0.399. The van der Waals surface area contributed by atoms with Gasteiger partial charge in [-0.15, -0.1) is 0 Å². The molecule has 0 radical (unpaired) electrons. The van der Waals surface area contributed by atoms with Crippen LogP contribution in [-0.4, -0.2) is 23.1 Å². The molecule has 0 bridgehead atoms. The van der Waals surface area contributed by atoms with E-state index in [1.807, 2.05) is 13.0 Å². The molecule has 0 saturated carbocycles. The van der Waals surface area contributed by atoms with Gasteiger partial charge in [0.2, 0.25) is 0 Å². The molecule has 2 rings (SSSR count). The predicted molar refractivity (Wildman–Crippen MR) is 59.2 cm³/mol. The van der Waals surface area contributed by atoms with Crippen molar-refractivity contribution in [3.63, 3.8) is 0 Å². The molecule has 1 aromatic rings. The van der Waals surface area contributed by atoms with Crippen LogP contribution in [-0.2, 0) is 5.54 Å². The molecule has 0 amide bonds. The Morgan fingerprint density at radius 2 is 1.93 bits per heavy atom. The van der Waals surface area contributed by atoms with Gasteiger partial charge in [0.15, 0.2) is 0 Å². The molecule has 0 aliphatic carbocycles. The fraction of sp³-hybridized carbons (Fsp3) is 0.636. The minimum Gasteiger partial charge on any atom is -0.319 e. The first-order valence-corrected chi connectivity index (χ1v) is 5.48. The van der Waals surface area contributed by atoms with Gasteiger partial charge in [-0.25, -0.2) is 9.97 Å². The molecule has 15 heavy (non-hydrogen) atoms. The molecule has 1 aliphatic heterocycles. The van der Waals surface area contributed by atoms with Crippen LogP contribution in [0.15, 0.2) is 18.5 Å². The van der Waals surface area contributed by atoms with Gasteiger partial charge in [0.1, 0.15) is 5.82 Å². The lowest BCUT2D eigenvalue weighted by Gasteiger charge is -2.35. The topological polar surface area (TPSA) is 63.8 Å². The fourth-order valence-electron chi connectivity index (χ4n) is 2.18. The van der Waals surface area contributed by atoms with Crippen LogP contribution in [0.4, 0.5) is 0 Å². The Kier molecular flexibility index (Phi) is 2.98. The lowest BCUT2D eigenvalue weighted by molar-refractivity contribution is 0.224. The summed E-state index contributed by atoms with van der Waals surface area (Å²) in [5, 5.41) is 3.34. The van der Waals surface area contributed by atoms with Gasteiger partial charge in [0, 0.05) is 12.4 Å². The summed E-state index contributed by atoms with van der Waals surface area (Å²) in [6, 6.07) is 1.82. The summed E-state index contributed by atoms with van der Waals surface area (Å²) in [5.41, 5.74) is 5.96. The molecule has 1 fully saturated rings. The summed E-state index contributed by atoms with van der Waals surface area (Å²) >= 11 is 0. The van der Waals surface area contributed by atoms with Gasteiger partial charge in [-0.05, 0) is 44.8 Å². The molecular weight excluding hydrogens is 188 g/mol. The molecule has 1 unspecified atom stereocenters. The van der Waals surface area contributed by atoms with Crippen molar-refractivity contribution < 1.29 is 0 Å². The maximum absolute atomic E-state index is 6.36. The smallest absolute Gasteiger partial charge is 0.147 e. The zero-order valence-electron chi connectivity index (χ0n) is 9.11. The van der Waals surface area contributed by atoms with Crippen molar-refractivity contribution in [2.45, 2.75) is 25.3 Å². The Bertz CT molecular complexity index is 304. The van der Waals surface area contributed by atoms with Crippen molar-refractivity contribution in [2.24, 2.45) is 11.7 Å². The molecule has 1 atom stereocenters. The highest BCUT2D eigenvalue weighted by Crippen LogP contribution is 2.30. The lowest BCUT2D eigenvalue weighted by atomic mass is 9.79. The number of hydrogen-bond donors (Lipinski definition) is 2. The number of hydrogen-bond acceptors (Lipinski definition) is 4. The van der Waals surface area contributed by atoms with Gasteiger partial charge < -0.3 is 11.1 Å². The minimum atomic E-state index is -0.399. The van der Waals surface area contributed by atoms with Gasteiger partial charge in [-0.1, -0.05) is 0 Å². The van der Waals surface area contributed by atoms with Crippen molar-refractivity contribution in [3.05, 3.63) is 24.3 Å². The van der Waals surface area contributed by atoms with E-state index in [0.717, 1.165) is 31.8 Å². The molecule has 82 valence electrons. The van der Waals surface area contributed by atoms with Crippen molar-refractivity contribution in [2.75, 3.05) is 13.1 Å². The van der Waals surface area contributed by atoms with Crippen LogP contribution in [0.1, 0.15) is 25.6 Å². The lowest BCUT2D eigenvalue weighted by Crippen LogP contribution is -2.47. The molecule has 1 aromatic heterocycles. The molecular formula is C11H18N4. The third-order valence-electron chi connectivity index (χ3n) is 3.23. The van der Waals surface area contributed by atoms with Gasteiger partial charge >= 0.3 is 0 Å².